The van der Waals surface area contributed by atoms with E-state index in [1.165, 1.54) is 11.3 Å². The number of aromatic nitrogens is 1. The molecular weight excluding hydrogens is 316 g/mol. The highest BCUT2D eigenvalue weighted by Crippen LogP contribution is 2.22. The van der Waals surface area contributed by atoms with Crippen molar-refractivity contribution in [1.29, 1.82) is 0 Å². The number of anilines is 1. The van der Waals surface area contributed by atoms with Gasteiger partial charge in [0.2, 0.25) is 0 Å². The summed E-state index contributed by atoms with van der Waals surface area (Å²) in [6.07, 6.45) is 5.50. The summed E-state index contributed by atoms with van der Waals surface area (Å²) in [5, 5.41) is 2.66. The topological polar surface area (TPSA) is 33.2 Å². The van der Waals surface area contributed by atoms with Crippen LogP contribution in [0.2, 0.25) is 0 Å². The summed E-state index contributed by atoms with van der Waals surface area (Å²) < 4.78 is 0. The van der Waals surface area contributed by atoms with Crippen LogP contribution in [-0.2, 0) is 6.54 Å². The summed E-state index contributed by atoms with van der Waals surface area (Å²) in [5.41, 5.74) is 3.02. The molecule has 1 aromatic heterocycles. The zero-order chi connectivity index (χ0) is 16.9. The Hall–Kier alpha value is -2.90. The average Bonchev–Trinajstić information content (AvgIpc) is 3.06. The lowest BCUT2D eigenvalue weighted by Gasteiger charge is -2.22. The predicted octanol–water partition coefficient (Wildman–Crippen LogP) is 4.28. The first-order valence-electron chi connectivity index (χ1n) is 7.52. The number of carbonyl (C=O) groups excluding carboxylic acids is 1. The second kappa shape index (κ2) is 7.12. The third-order valence-corrected chi connectivity index (χ3v) is 4.36. The quantitative estimate of drug-likeness (QED) is 0.668. The van der Waals surface area contributed by atoms with Gasteiger partial charge in [-0.1, -0.05) is 42.3 Å². The van der Waals surface area contributed by atoms with Crippen LogP contribution in [0.3, 0.4) is 0 Å². The first kappa shape index (κ1) is 16.0. The molecule has 24 heavy (non-hydrogen) atoms. The van der Waals surface area contributed by atoms with E-state index in [-0.39, 0.29) is 5.91 Å². The lowest BCUT2D eigenvalue weighted by Crippen LogP contribution is -2.30. The summed E-state index contributed by atoms with van der Waals surface area (Å²) in [7, 11) is 0. The molecule has 0 atom stereocenters. The molecule has 3 aromatic rings. The molecule has 3 nitrogen and oxygen atoms in total. The van der Waals surface area contributed by atoms with Crippen molar-refractivity contribution in [2.75, 3.05) is 4.90 Å². The van der Waals surface area contributed by atoms with Gasteiger partial charge in [-0.15, -0.1) is 17.8 Å². The van der Waals surface area contributed by atoms with Crippen molar-refractivity contribution in [3.8, 4) is 12.3 Å². The van der Waals surface area contributed by atoms with Gasteiger partial charge < -0.3 is 4.90 Å². The number of amides is 1. The summed E-state index contributed by atoms with van der Waals surface area (Å²) >= 11 is 1.47. The minimum Gasteiger partial charge on any atom is -0.303 e. The van der Waals surface area contributed by atoms with Crippen molar-refractivity contribution in [3.05, 3.63) is 81.8 Å². The van der Waals surface area contributed by atoms with E-state index in [0.717, 1.165) is 21.8 Å². The van der Waals surface area contributed by atoms with Crippen LogP contribution in [-0.4, -0.2) is 10.9 Å². The summed E-state index contributed by atoms with van der Waals surface area (Å²) in [6.45, 7) is 2.35. The van der Waals surface area contributed by atoms with Crippen LogP contribution in [0.25, 0.3) is 0 Å². The molecular formula is C20H16N2OS. The van der Waals surface area contributed by atoms with Gasteiger partial charge in [-0.05, 0) is 30.7 Å². The Morgan fingerprint density at radius 1 is 1.21 bits per heavy atom. The number of rotatable bonds is 4. The molecule has 3 rings (SSSR count). The smallest absolute Gasteiger partial charge is 0.278 e. The monoisotopic (exact) mass is 332 g/mol. The standard InChI is InChI=1S/C20H16N2OS/c1-3-16-10-7-11-18(12-16)22(13-17-8-5-4-6-9-17)20(23)19-14-24-15(2)21-19/h1,4-12,14H,13H2,2H3. The van der Waals surface area contributed by atoms with Crippen LogP contribution >= 0.6 is 11.3 Å². The molecule has 0 radical (unpaired) electrons. The second-order valence-electron chi connectivity index (χ2n) is 5.32. The molecule has 0 aliphatic rings. The van der Waals surface area contributed by atoms with E-state index >= 15 is 0 Å². The highest BCUT2D eigenvalue weighted by molar-refractivity contribution is 7.09. The number of benzene rings is 2. The molecule has 0 fully saturated rings. The molecule has 2 aromatic carbocycles. The van der Waals surface area contributed by atoms with E-state index in [2.05, 4.69) is 10.9 Å². The van der Waals surface area contributed by atoms with Crippen LogP contribution in [0.15, 0.2) is 60.0 Å². The minimum atomic E-state index is -0.127. The number of carbonyl (C=O) groups is 1. The van der Waals surface area contributed by atoms with Crippen molar-refractivity contribution in [2.24, 2.45) is 0 Å². The maximum Gasteiger partial charge on any atom is 0.278 e. The molecule has 1 heterocycles. The zero-order valence-corrected chi connectivity index (χ0v) is 14.1. The van der Waals surface area contributed by atoms with Gasteiger partial charge in [0.05, 0.1) is 11.6 Å². The summed E-state index contributed by atoms with van der Waals surface area (Å²) in [5.74, 6) is 2.49. The summed E-state index contributed by atoms with van der Waals surface area (Å²) in [4.78, 5) is 19.0. The van der Waals surface area contributed by atoms with E-state index in [1.807, 2.05) is 61.5 Å². The fourth-order valence-electron chi connectivity index (χ4n) is 2.41. The van der Waals surface area contributed by atoms with Gasteiger partial charge in [0.1, 0.15) is 5.69 Å². The van der Waals surface area contributed by atoms with Gasteiger partial charge in [-0.3, -0.25) is 4.79 Å². The number of aryl methyl sites for hydroxylation is 1. The largest absolute Gasteiger partial charge is 0.303 e. The lowest BCUT2D eigenvalue weighted by atomic mass is 10.1. The van der Waals surface area contributed by atoms with Gasteiger partial charge in [-0.25, -0.2) is 4.98 Å². The van der Waals surface area contributed by atoms with Crippen LogP contribution in [0, 0.1) is 19.3 Å². The second-order valence-corrected chi connectivity index (χ2v) is 6.39. The van der Waals surface area contributed by atoms with Crippen molar-refractivity contribution >= 4 is 22.9 Å². The highest BCUT2D eigenvalue weighted by atomic mass is 32.1. The van der Waals surface area contributed by atoms with Crippen molar-refractivity contribution < 1.29 is 4.79 Å². The molecule has 0 N–H and O–H groups in total. The molecule has 0 spiro atoms. The molecule has 0 aliphatic heterocycles. The van der Waals surface area contributed by atoms with Gasteiger partial charge in [0.25, 0.3) is 5.91 Å². The third kappa shape index (κ3) is 3.53. The molecule has 118 valence electrons. The predicted molar refractivity (Wildman–Crippen MR) is 98.2 cm³/mol. The number of hydrogen-bond donors (Lipinski definition) is 0. The Morgan fingerprint density at radius 3 is 2.67 bits per heavy atom. The molecule has 0 saturated carbocycles. The van der Waals surface area contributed by atoms with Crippen LogP contribution in [0.1, 0.15) is 26.6 Å². The van der Waals surface area contributed by atoms with Crippen molar-refractivity contribution in [3.63, 3.8) is 0 Å². The first-order chi connectivity index (χ1) is 11.7. The van der Waals surface area contributed by atoms with E-state index in [9.17, 15) is 4.79 Å². The molecule has 0 bridgehead atoms. The number of nitrogens with zero attached hydrogens (tertiary/aromatic N) is 2. The third-order valence-electron chi connectivity index (χ3n) is 3.59. The molecule has 0 unspecified atom stereocenters. The molecule has 4 heteroatoms. The van der Waals surface area contributed by atoms with Crippen molar-refractivity contribution in [2.45, 2.75) is 13.5 Å². The normalized spacial score (nSPS) is 10.2. The van der Waals surface area contributed by atoms with E-state index in [0.29, 0.717) is 12.2 Å². The van der Waals surface area contributed by atoms with Gasteiger partial charge in [0.15, 0.2) is 0 Å². The number of thiazole rings is 1. The van der Waals surface area contributed by atoms with Gasteiger partial charge >= 0.3 is 0 Å². The number of hydrogen-bond acceptors (Lipinski definition) is 3. The SMILES string of the molecule is C#Cc1cccc(N(Cc2ccccc2)C(=O)c2csc(C)n2)c1. The van der Waals surface area contributed by atoms with Crippen molar-refractivity contribution in [1.82, 2.24) is 4.98 Å². The average molecular weight is 332 g/mol. The Bertz CT molecular complexity index is 893. The van der Waals surface area contributed by atoms with E-state index < -0.39 is 0 Å². The van der Waals surface area contributed by atoms with Crippen LogP contribution < -0.4 is 4.90 Å². The first-order valence-corrected chi connectivity index (χ1v) is 8.40. The maximum absolute atomic E-state index is 13.0. The molecule has 1 amide bonds. The van der Waals surface area contributed by atoms with Gasteiger partial charge in [-0.2, -0.15) is 0 Å². The Morgan fingerprint density at radius 2 is 2.00 bits per heavy atom. The maximum atomic E-state index is 13.0. The van der Waals surface area contributed by atoms with E-state index in [4.69, 9.17) is 6.42 Å². The fourth-order valence-corrected chi connectivity index (χ4v) is 3.00. The van der Waals surface area contributed by atoms with Gasteiger partial charge in [0, 0.05) is 16.6 Å². The minimum absolute atomic E-state index is 0.127. The Kier molecular flexibility index (Phi) is 4.74. The lowest BCUT2D eigenvalue weighted by molar-refractivity contribution is 0.0981. The highest BCUT2D eigenvalue weighted by Gasteiger charge is 2.20. The Labute approximate surface area is 145 Å². The van der Waals surface area contributed by atoms with Crippen LogP contribution in [0.5, 0.6) is 0 Å². The molecule has 0 saturated heterocycles. The molecule has 0 aliphatic carbocycles. The van der Waals surface area contributed by atoms with E-state index in [1.54, 1.807) is 10.3 Å². The Balaban J connectivity index is 2.00. The fraction of sp³-hybridized carbons (Fsp3) is 0.100. The van der Waals surface area contributed by atoms with Crippen LogP contribution in [0.4, 0.5) is 5.69 Å². The summed E-state index contributed by atoms with van der Waals surface area (Å²) in [6, 6.07) is 17.3. The zero-order valence-electron chi connectivity index (χ0n) is 13.3. The number of terminal acetylenes is 1.